The van der Waals surface area contributed by atoms with E-state index in [2.05, 4.69) is 0 Å². The van der Waals surface area contributed by atoms with Gasteiger partial charge in [0.1, 0.15) is 18.3 Å². The van der Waals surface area contributed by atoms with E-state index in [9.17, 15) is 9.90 Å². The summed E-state index contributed by atoms with van der Waals surface area (Å²) in [7, 11) is 1.65. The average molecular weight is 329 g/mol. The summed E-state index contributed by atoms with van der Waals surface area (Å²) in [5.41, 5.74) is 2.05. The Hall–Kier alpha value is -1.98. The molecule has 3 rings (SSSR count). The van der Waals surface area contributed by atoms with E-state index in [-0.39, 0.29) is 11.8 Å². The van der Waals surface area contributed by atoms with Gasteiger partial charge in [0, 0.05) is 16.6 Å². The fourth-order valence-corrected chi connectivity index (χ4v) is 4.13. The van der Waals surface area contributed by atoms with E-state index >= 15 is 0 Å². The molecule has 5 heteroatoms. The van der Waals surface area contributed by atoms with Gasteiger partial charge in [-0.2, -0.15) is 0 Å². The third-order valence-corrected chi connectivity index (χ3v) is 5.34. The highest BCUT2D eigenvalue weighted by atomic mass is 32.2. The molecule has 120 valence electrons. The summed E-state index contributed by atoms with van der Waals surface area (Å²) in [6.45, 7) is 0.189. The van der Waals surface area contributed by atoms with Crippen LogP contribution >= 0.6 is 11.8 Å². The smallest absolute Gasteiger partial charge is 0.139 e. The molecule has 0 radical (unpaired) electrons. The minimum atomic E-state index is -0.691. The van der Waals surface area contributed by atoms with Crippen LogP contribution in [0, 0.1) is 0 Å². The molecule has 0 aromatic heterocycles. The van der Waals surface area contributed by atoms with Crippen molar-refractivity contribution in [3.8, 4) is 5.75 Å². The van der Waals surface area contributed by atoms with E-state index in [0.717, 1.165) is 28.2 Å². The molecule has 0 fully saturated rings. The maximum absolute atomic E-state index is 11.0. The molecule has 0 spiro atoms. The lowest BCUT2D eigenvalue weighted by molar-refractivity contribution is -0.107. The van der Waals surface area contributed by atoms with Gasteiger partial charge in [-0.25, -0.2) is 0 Å². The highest BCUT2D eigenvalue weighted by molar-refractivity contribution is 7.99. The first-order valence-electron chi connectivity index (χ1n) is 7.51. The lowest BCUT2D eigenvalue weighted by atomic mass is 10.1. The SMILES string of the molecule is COc1ccc(C2CC(O)N(CC=O)c3ccccc3S2)cc1. The van der Waals surface area contributed by atoms with Crippen LogP contribution in [0.1, 0.15) is 17.2 Å². The summed E-state index contributed by atoms with van der Waals surface area (Å²) in [4.78, 5) is 13.8. The summed E-state index contributed by atoms with van der Waals surface area (Å²) in [5, 5.41) is 10.7. The fraction of sp³-hybridized carbons (Fsp3) is 0.278. The normalized spacial score (nSPS) is 20.5. The standard InChI is InChI=1S/C18H19NO3S/c1-22-14-8-6-13(7-9-14)17-12-18(21)19(10-11-20)15-4-2-3-5-16(15)23-17/h2-9,11,17-18,21H,10,12H2,1H3. The van der Waals surface area contributed by atoms with Crippen LogP contribution in [0.3, 0.4) is 0 Å². The van der Waals surface area contributed by atoms with E-state index in [1.807, 2.05) is 48.5 Å². The number of aldehydes is 1. The Bertz CT molecular complexity index is 674. The van der Waals surface area contributed by atoms with Crippen LogP contribution < -0.4 is 9.64 Å². The van der Waals surface area contributed by atoms with Crippen LogP contribution in [0.2, 0.25) is 0 Å². The number of methoxy groups -OCH3 is 1. The van der Waals surface area contributed by atoms with Crippen molar-refractivity contribution in [3.05, 3.63) is 54.1 Å². The number of hydrogen-bond acceptors (Lipinski definition) is 5. The number of anilines is 1. The number of aliphatic hydroxyl groups excluding tert-OH is 1. The van der Waals surface area contributed by atoms with E-state index in [4.69, 9.17) is 4.74 Å². The van der Waals surface area contributed by atoms with E-state index in [1.54, 1.807) is 23.8 Å². The average Bonchev–Trinajstić information content (AvgIpc) is 2.73. The molecule has 0 bridgehead atoms. The molecular weight excluding hydrogens is 310 g/mol. The van der Waals surface area contributed by atoms with E-state index in [1.165, 1.54) is 0 Å². The minimum absolute atomic E-state index is 0.119. The first-order valence-corrected chi connectivity index (χ1v) is 8.39. The fourth-order valence-electron chi connectivity index (χ4n) is 2.80. The molecule has 1 aliphatic rings. The molecule has 0 aliphatic carbocycles. The Morgan fingerprint density at radius 2 is 2.00 bits per heavy atom. The lowest BCUT2D eigenvalue weighted by Gasteiger charge is -2.27. The number of thioether (sulfide) groups is 1. The molecule has 0 saturated carbocycles. The van der Waals surface area contributed by atoms with Crippen molar-refractivity contribution in [1.82, 2.24) is 0 Å². The summed E-state index contributed by atoms with van der Waals surface area (Å²) < 4.78 is 5.20. The number of fused-ring (bicyclic) bond motifs is 1. The van der Waals surface area contributed by atoms with Crippen molar-refractivity contribution in [3.63, 3.8) is 0 Å². The summed E-state index contributed by atoms with van der Waals surface area (Å²) in [6, 6.07) is 15.8. The number of carbonyl (C=O) groups is 1. The summed E-state index contributed by atoms with van der Waals surface area (Å²) >= 11 is 1.72. The zero-order valence-electron chi connectivity index (χ0n) is 12.9. The van der Waals surface area contributed by atoms with Gasteiger partial charge in [0.15, 0.2) is 0 Å². The van der Waals surface area contributed by atoms with Crippen LogP contribution in [0.5, 0.6) is 5.75 Å². The Balaban J connectivity index is 1.94. The second-order valence-electron chi connectivity index (χ2n) is 5.38. The van der Waals surface area contributed by atoms with Gasteiger partial charge >= 0.3 is 0 Å². The molecule has 1 aliphatic heterocycles. The third-order valence-electron chi connectivity index (χ3n) is 3.99. The molecule has 2 aromatic carbocycles. The maximum Gasteiger partial charge on any atom is 0.139 e. The van der Waals surface area contributed by atoms with Gasteiger partial charge in [0.2, 0.25) is 0 Å². The Kier molecular flexibility index (Phi) is 4.88. The van der Waals surface area contributed by atoms with E-state index < -0.39 is 6.23 Å². The molecule has 2 aromatic rings. The maximum atomic E-state index is 11.0. The van der Waals surface area contributed by atoms with Gasteiger partial charge in [-0.1, -0.05) is 24.3 Å². The molecule has 2 unspecified atom stereocenters. The van der Waals surface area contributed by atoms with Crippen LogP contribution in [0.25, 0.3) is 0 Å². The number of para-hydroxylation sites is 1. The van der Waals surface area contributed by atoms with Gasteiger partial charge in [0.05, 0.1) is 19.3 Å². The predicted molar refractivity (Wildman–Crippen MR) is 92.1 cm³/mol. The number of rotatable bonds is 4. The van der Waals surface area contributed by atoms with Crippen molar-refractivity contribution >= 4 is 23.7 Å². The second-order valence-corrected chi connectivity index (χ2v) is 6.63. The molecule has 1 N–H and O–H groups in total. The zero-order valence-corrected chi connectivity index (χ0v) is 13.7. The second kappa shape index (κ2) is 7.06. The summed E-state index contributed by atoms with van der Waals surface area (Å²) in [5.74, 6) is 0.816. The Labute approximate surface area is 140 Å². The van der Waals surface area contributed by atoms with Crippen LogP contribution in [0.15, 0.2) is 53.4 Å². The first-order chi connectivity index (χ1) is 11.2. The number of benzene rings is 2. The van der Waals surface area contributed by atoms with Crippen molar-refractivity contribution < 1.29 is 14.6 Å². The lowest BCUT2D eigenvalue weighted by Crippen LogP contribution is -2.36. The number of carbonyl (C=O) groups excluding carboxylic acids is 1. The monoisotopic (exact) mass is 329 g/mol. The predicted octanol–water partition coefficient (Wildman–Crippen LogP) is 3.26. The molecule has 4 nitrogen and oxygen atoms in total. The van der Waals surface area contributed by atoms with Crippen molar-refractivity contribution in [1.29, 1.82) is 0 Å². The van der Waals surface area contributed by atoms with Crippen molar-refractivity contribution in [2.24, 2.45) is 0 Å². The topological polar surface area (TPSA) is 49.8 Å². The number of nitrogens with zero attached hydrogens (tertiary/aromatic N) is 1. The minimum Gasteiger partial charge on any atom is -0.497 e. The molecule has 2 atom stereocenters. The first kappa shape index (κ1) is 15.9. The quantitative estimate of drug-likeness (QED) is 0.873. The Morgan fingerprint density at radius 1 is 1.26 bits per heavy atom. The third kappa shape index (κ3) is 3.35. The van der Waals surface area contributed by atoms with Crippen molar-refractivity contribution in [2.75, 3.05) is 18.6 Å². The van der Waals surface area contributed by atoms with Crippen LogP contribution in [-0.4, -0.2) is 31.3 Å². The van der Waals surface area contributed by atoms with Gasteiger partial charge in [-0.3, -0.25) is 0 Å². The molecule has 23 heavy (non-hydrogen) atoms. The number of hydrogen-bond donors (Lipinski definition) is 1. The number of ether oxygens (including phenoxy) is 1. The van der Waals surface area contributed by atoms with Crippen LogP contribution in [-0.2, 0) is 4.79 Å². The largest absolute Gasteiger partial charge is 0.497 e. The molecule has 1 heterocycles. The highest BCUT2D eigenvalue weighted by Crippen LogP contribution is 2.46. The van der Waals surface area contributed by atoms with Gasteiger partial charge in [-0.05, 0) is 29.8 Å². The zero-order chi connectivity index (χ0) is 16.2. The summed E-state index contributed by atoms with van der Waals surface area (Å²) in [6.07, 6.45) is 0.696. The van der Waals surface area contributed by atoms with E-state index in [0.29, 0.717) is 6.42 Å². The number of aliphatic hydroxyl groups is 1. The van der Waals surface area contributed by atoms with Crippen LogP contribution in [0.4, 0.5) is 5.69 Å². The molecule has 0 saturated heterocycles. The Morgan fingerprint density at radius 3 is 2.70 bits per heavy atom. The van der Waals surface area contributed by atoms with Gasteiger partial charge in [-0.15, -0.1) is 11.8 Å². The molecular formula is C18H19NO3S. The van der Waals surface area contributed by atoms with Gasteiger partial charge in [0.25, 0.3) is 0 Å². The molecule has 0 amide bonds. The van der Waals surface area contributed by atoms with Crippen molar-refractivity contribution in [2.45, 2.75) is 22.8 Å². The van der Waals surface area contributed by atoms with Gasteiger partial charge < -0.3 is 19.5 Å². The highest BCUT2D eigenvalue weighted by Gasteiger charge is 2.29.